The second-order valence-electron chi connectivity index (χ2n) is 5.41. The van der Waals surface area contributed by atoms with Gasteiger partial charge in [0.2, 0.25) is 0 Å². The summed E-state index contributed by atoms with van der Waals surface area (Å²) in [6.45, 7) is 4.87. The molecule has 1 aromatic rings. The number of rotatable bonds is 5. The normalized spacial score (nSPS) is 22.5. The van der Waals surface area contributed by atoms with Crippen molar-refractivity contribution in [2.45, 2.75) is 18.5 Å². The molecule has 2 unspecified atom stereocenters. The number of benzene rings is 1. The second kappa shape index (κ2) is 7.02. The summed E-state index contributed by atoms with van der Waals surface area (Å²) in [5.41, 5.74) is 0.0553. The Labute approximate surface area is 126 Å². The van der Waals surface area contributed by atoms with Crippen molar-refractivity contribution >= 4 is 5.97 Å². The number of ether oxygens (including phenoxy) is 2. The molecule has 21 heavy (non-hydrogen) atoms. The summed E-state index contributed by atoms with van der Waals surface area (Å²) in [7, 11) is 3.23. The van der Waals surface area contributed by atoms with Crippen molar-refractivity contribution in [3.8, 4) is 0 Å². The van der Waals surface area contributed by atoms with E-state index in [1.54, 1.807) is 7.05 Å². The van der Waals surface area contributed by atoms with E-state index in [0.29, 0.717) is 19.8 Å². The lowest BCUT2D eigenvalue weighted by molar-refractivity contribution is -0.151. The zero-order valence-electron chi connectivity index (χ0n) is 13.0. The van der Waals surface area contributed by atoms with Crippen LogP contribution in [0.5, 0.6) is 0 Å². The van der Waals surface area contributed by atoms with Crippen LogP contribution in [0.4, 0.5) is 0 Å². The van der Waals surface area contributed by atoms with Gasteiger partial charge in [0.15, 0.2) is 5.54 Å². The number of carbonyl (C=O) groups is 1. The summed E-state index contributed by atoms with van der Waals surface area (Å²) >= 11 is 0. The Morgan fingerprint density at radius 3 is 2.76 bits per heavy atom. The number of hydrogen-bond donors (Lipinski definition) is 1. The molecule has 1 saturated heterocycles. The van der Waals surface area contributed by atoms with Gasteiger partial charge < -0.3 is 14.8 Å². The zero-order valence-corrected chi connectivity index (χ0v) is 13.0. The Morgan fingerprint density at radius 1 is 1.48 bits per heavy atom. The standard InChI is InChI=1S/C16H24N2O3/c1-13-11-21-10-9-18(13)12-16(17-2,15(19)20-3)14-7-5-4-6-8-14/h4-8,13,17H,9-12H2,1-3H3. The fraction of sp³-hybridized carbons (Fsp3) is 0.562. The SMILES string of the molecule is CNC(CN1CCOCC1C)(C(=O)OC)c1ccccc1. The van der Waals surface area contributed by atoms with E-state index < -0.39 is 5.54 Å². The lowest BCUT2D eigenvalue weighted by Crippen LogP contribution is -2.59. The van der Waals surface area contributed by atoms with Crippen molar-refractivity contribution in [2.75, 3.05) is 40.5 Å². The van der Waals surface area contributed by atoms with E-state index in [2.05, 4.69) is 17.1 Å². The van der Waals surface area contributed by atoms with Crippen molar-refractivity contribution in [1.82, 2.24) is 10.2 Å². The zero-order chi connectivity index (χ0) is 15.3. The minimum Gasteiger partial charge on any atom is -0.467 e. The van der Waals surface area contributed by atoms with Gasteiger partial charge in [-0.2, -0.15) is 0 Å². The average molecular weight is 292 g/mol. The molecule has 116 valence electrons. The maximum Gasteiger partial charge on any atom is 0.332 e. The number of methoxy groups -OCH3 is 1. The summed E-state index contributed by atoms with van der Waals surface area (Å²) in [5, 5.41) is 3.19. The van der Waals surface area contributed by atoms with Crippen molar-refractivity contribution in [1.29, 1.82) is 0 Å². The van der Waals surface area contributed by atoms with Gasteiger partial charge in [-0.3, -0.25) is 4.90 Å². The van der Waals surface area contributed by atoms with Gasteiger partial charge in [-0.25, -0.2) is 4.79 Å². The molecule has 1 aromatic carbocycles. The molecule has 0 spiro atoms. The minimum atomic E-state index is -0.860. The molecule has 5 heteroatoms. The second-order valence-corrected chi connectivity index (χ2v) is 5.41. The highest BCUT2D eigenvalue weighted by molar-refractivity contribution is 5.83. The summed E-state index contributed by atoms with van der Waals surface area (Å²) in [5.74, 6) is -0.269. The minimum absolute atomic E-state index is 0.269. The number of nitrogens with zero attached hydrogens (tertiary/aromatic N) is 1. The smallest absolute Gasteiger partial charge is 0.332 e. The van der Waals surface area contributed by atoms with Gasteiger partial charge in [0.05, 0.1) is 20.3 Å². The fourth-order valence-corrected chi connectivity index (χ4v) is 2.80. The lowest BCUT2D eigenvalue weighted by Gasteiger charge is -2.40. The van der Waals surface area contributed by atoms with Gasteiger partial charge in [0.1, 0.15) is 0 Å². The van der Waals surface area contributed by atoms with Crippen molar-refractivity contribution in [3.63, 3.8) is 0 Å². The molecule has 2 atom stereocenters. The van der Waals surface area contributed by atoms with Crippen LogP contribution in [-0.2, 0) is 19.8 Å². The molecule has 1 fully saturated rings. The van der Waals surface area contributed by atoms with Crippen molar-refractivity contribution < 1.29 is 14.3 Å². The molecule has 1 aliphatic heterocycles. The van der Waals surface area contributed by atoms with E-state index in [1.165, 1.54) is 7.11 Å². The molecule has 2 rings (SSSR count). The molecule has 0 amide bonds. The molecule has 5 nitrogen and oxygen atoms in total. The van der Waals surface area contributed by atoms with Crippen LogP contribution in [-0.4, -0.2) is 57.4 Å². The highest BCUT2D eigenvalue weighted by Gasteiger charge is 2.42. The quantitative estimate of drug-likeness (QED) is 0.820. The first kappa shape index (κ1) is 15.9. The van der Waals surface area contributed by atoms with Crippen LogP contribution in [0.3, 0.4) is 0 Å². The topological polar surface area (TPSA) is 50.8 Å². The third-order valence-corrected chi connectivity index (χ3v) is 4.17. The van der Waals surface area contributed by atoms with Crippen LogP contribution in [0.25, 0.3) is 0 Å². The van der Waals surface area contributed by atoms with Gasteiger partial charge >= 0.3 is 5.97 Å². The van der Waals surface area contributed by atoms with Gasteiger partial charge in [-0.15, -0.1) is 0 Å². The third kappa shape index (κ3) is 3.26. The van der Waals surface area contributed by atoms with Crippen LogP contribution >= 0.6 is 0 Å². The maximum atomic E-state index is 12.5. The van der Waals surface area contributed by atoms with E-state index in [1.807, 2.05) is 30.3 Å². The maximum absolute atomic E-state index is 12.5. The Kier molecular flexibility index (Phi) is 5.33. The van der Waals surface area contributed by atoms with Gasteiger partial charge in [-0.05, 0) is 19.5 Å². The third-order valence-electron chi connectivity index (χ3n) is 4.17. The molecule has 0 aliphatic carbocycles. The molecular weight excluding hydrogens is 268 g/mol. The van der Waals surface area contributed by atoms with Gasteiger partial charge in [-0.1, -0.05) is 30.3 Å². The monoisotopic (exact) mass is 292 g/mol. The van der Waals surface area contributed by atoms with E-state index in [0.717, 1.165) is 12.1 Å². The number of hydrogen-bond acceptors (Lipinski definition) is 5. The summed E-state index contributed by atoms with van der Waals surface area (Å²) in [4.78, 5) is 14.8. The number of likely N-dealkylation sites (N-methyl/N-ethyl adjacent to an activating group) is 1. The lowest BCUT2D eigenvalue weighted by atomic mass is 9.88. The molecule has 0 radical (unpaired) electrons. The highest BCUT2D eigenvalue weighted by atomic mass is 16.5. The van der Waals surface area contributed by atoms with E-state index in [4.69, 9.17) is 9.47 Å². The number of nitrogens with one attached hydrogen (secondary N) is 1. The van der Waals surface area contributed by atoms with Gasteiger partial charge in [0, 0.05) is 19.1 Å². The Morgan fingerprint density at radius 2 is 2.19 bits per heavy atom. The largest absolute Gasteiger partial charge is 0.467 e. The Balaban J connectivity index is 2.33. The van der Waals surface area contributed by atoms with E-state index >= 15 is 0 Å². The first-order chi connectivity index (χ1) is 10.1. The predicted octanol–water partition coefficient (Wildman–Crippen LogP) is 0.995. The van der Waals surface area contributed by atoms with Crippen molar-refractivity contribution in [2.24, 2.45) is 0 Å². The fourth-order valence-electron chi connectivity index (χ4n) is 2.80. The highest BCUT2D eigenvalue weighted by Crippen LogP contribution is 2.25. The van der Waals surface area contributed by atoms with Crippen LogP contribution in [0, 0.1) is 0 Å². The Hall–Kier alpha value is -1.43. The predicted molar refractivity (Wildman–Crippen MR) is 81.0 cm³/mol. The van der Waals surface area contributed by atoms with E-state index in [9.17, 15) is 4.79 Å². The van der Waals surface area contributed by atoms with Gasteiger partial charge in [0.25, 0.3) is 0 Å². The molecule has 1 aliphatic rings. The molecule has 1 N–H and O–H groups in total. The first-order valence-corrected chi connectivity index (χ1v) is 7.28. The van der Waals surface area contributed by atoms with Crippen LogP contribution in [0.15, 0.2) is 30.3 Å². The average Bonchev–Trinajstić information content (AvgIpc) is 2.54. The summed E-state index contributed by atoms with van der Waals surface area (Å²) in [6, 6.07) is 10.0. The van der Waals surface area contributed by atoms with Crippen LogP contribution in [0.1, 0.15) is 12.5 Å². The molecule has 0 bridgehead atoms. The Bertz CT molecular complexity index is 466. The van der Waals surface area contributed by atoms with E-state index in [-0.39, 0.29) is 12.0 Å². The first-order valence-electron chi connectivity index (χ1n) is 7.28. The molecule has 0 aromatic heterocycles. The molecule has 0 saturated carbocycles. The molecule has 1 heterocycles. The number of carbonyl (C=O) groups excluding carboxylic acids is 1. The molecular formula is C16H24N2O3. The van der Waals surface area contributed by atoms with Crippen LogP contribution in [0.2, 0.25) is 0 Å². The number of esters is 1. The van der Waals surface area contributed by atoms with Crippen molar-refractivity contribution in [3.05, 3.63) is 35.9 Å². The number of morpholine rings is 1. The summed E-state index contributed by atoms with van der Waals surface area (Å²) < 4.78 is 10.6. The van der Waals surface area contributed by atoms with Crippen LogP contribution < -0.4 is 5.32 Å². The summed E-state index contributed by atoms with van der Waals surface area (Å²) in [6.07, 6.45) is 0.